The zero-order valence-corrected chi connectivity index (χ0v) is 18.9. The zero-order valence-electron chi connectivity index (χ0n) is 18.0. The third kappa shape index (κ3) is 7.35. The number of hydrogen-bond acceptors (Lipinski definition) is 8. The molecule has 7 N–H and O–H groups in total. The van der Waals surface area contributed by atoms with Gasteiger partial charge in [0.15, 0.2) is 21.8 Å². The molecule has 30 heavy (non-hydrogen) atoms. The molecule has 1 amide bonds. The highest BCUT2D eigenvalue weighted by atomic mass is 32.2. The van der Waals surface area contributed by atoms with Gasteiger partial charge in [0.1, 0.15) is 6.17 Å². The smallest absolute Gasteiger partial charge is 0.280 e. The lowest BCUT2D eigenvalue weighted by molar-refractivity contribution is 0.100. The summed E-state index contributed by atoms with van der Waals surface area (Å²) in [6.45, 7) is 5.64. The fourth-order valence-electron chi connectivity index (χ4n) is 2.46. The van der Waals surface area contributed by atoms with Crippen LogP contribution in [0.5, 0.6) is 0 Å². The Bertz CT molecular complexity index is 977. The van der Waals surface area contributed by atoms with Crippen LogP contribution in [0.25, 0.3) is 0 Å². The van der Waals surface area contributed by atoms with Gasteiger partial charge in [0.05, 0.1) is 4.90 Å². The first-order chi connectivity index (χ1) is 13.7. The van der Waals surface area contributed by atoms with Crippen LogP contribution in [-0.2, 0) is 9.84 Å². The van der Waals surface area contributed by atoms with Crippen LogP contribution in [0, 0.1) is 0 Å². The van der Waals surface area contributed by atoms with Gasteiger partial charge in [-0.2, -0.15) is 4.99 Å². The summed E-state index contributed by atoms with van der Waals surface area (Å²) in [6, 6.07) is 4.43. The van der Waals surface area contributed by atoms with Crippen LogP contribution in [0.2, 0.25) is 0 Å². The van der Waals surface area contributed by atoms with E-state index in [-0.39, 0.29) is 28.5 Å². The van der Waals surface area contributed by atoms with Crippen LogP contribution < -0.4 is 22.5 Å². The number of rotatable bonds is 3. The molecule has 0 saturated heterocycles. The highest BCUT2D eigenvalue weighted by molar-refractivity contribution is 7.90. The Balaban J connectivity index is 0.000000346. The largest absolute Gasteiger partial charge is 0.370 e. The number of aliphatic imine (C=N–C) groups is 3. The van der Waals surface area contributed by atoms with Gasteiger partial charge in [0.25, 0.3) is 5.91 Å². The lowest BCUT2D eigenvalue weighted by atomic mass is 10.0. The molecule has 1 heterocycles. The first-order valence-corrected chi connectivity index (χ1v) is 10.9. The molecule has 0 bridgehead atoms. The molecule has 1 aliphatic heterocycles. The van der Waals surface area contributed by atoms with Crippen LogP contribution >= 0.6 is 0 Å². The molecule has 2 rings (SSSR count). The van der Waals surface area contributed by atoms with Crippen molar-refractivity contribution in [2.75, 3.05) is 20.4 Å². The first kappa shape index (κ1) is 24.9. The molecule has 1 aromatic rings. The Labute approximate surface area is 177 Å². The summed E-state index contributed by atoms with van der Waals surface area (Å²) in [7, 11) is 0.374. The number of carbonyl (C=O) groups excluding carboxylic acids is 1. The van der Waals surface area contributed by atoms with Gasteiger partial charge in [-0.3, -0.25) is 10.1 Å². The highest BCUT2D eigenvalue weighted by Gasteiger charge is 2.18. The molecular formula is C18H30N8O3S. The van der Waals surface area contributed by atoms with Gasteiger partial charge in [-0.1, -0.05) is 19.9 Å². The lowest BCUT2D eigenvalue weighted by Crippen LogP contribution is -2.47. The minimum atomic E-state index is -3.43. The summed E-state index contributed by atoms with van der Waals surface area (Å²) in [5.74, 6) is 0.178. The highest BCUT2D eigenvalue weighted by Crippen LogP contribution is 2.25. The maximum atomic E-state index is 11.8. The number of nitrogens with two attached hydrogens (primary N) is 3. The number of nitrogens with zero attached hydrogens (tertiary/aromatic N) is 4. The van der Waals surface area contributed by atoms with Gasteiger partial charge in [0, 0.05) is 25.9 Å². The van der Waals surface area contributed by atoms with E-state index in [4.69, 9.17) is 17.2 Å². The Hall–Kier alpha value is -3.15. The fraction of sp³-hybridized carbons (Fsp3) is 0.444. The predicted octanol–water partition coefficient (Wildman–Crippen LogP) is -0.205. The molecule has 0 spiro atoms. The summed E-state index contributed by atoms with van der Waals surface area (Å²) < 4.78 is 23.5. The van der Waals surface area contributed by atoms with E-state index in [9.17, 15) is 13.2 Å². The summed E-state index contributed by atoms with van der Waals surface area (Å²) >= 11 is 0. The second-order valence-corrected chi connectivity index (χ2v) is 9.12. The second kappa shape index (κ2) is 10.1. The van der Waals surface area contributed by atoms with E-state index in [1.54, 1.807) is 6.07 Å². The molecule has 1 atom stereocenters. The quantitative estimate of drug-likeness (QED) is 0.369. The topological polar surface area (TPSA) is 182 Å². The minimum absolute atomic E-state index is 0.0250. The van der Waals surface area contributed by atoms with E-state index in [1.165, 1.54) is 12.1 Å². The number of amides is 1. The third-order valence-corrected chi connectivity index (χ3v) is 4.96. The molecule has 0 radical (unpaired) electrons. The Kier molecular flexibility index (Phi) is 8.34. The summed E-state index contributed by atoms with van der Waals surface area (Å²) in [6.07, 6.45) is 1.02. The van der Waals surface area contributed by atoms with E-state index in [2.05, 4.69) is 20.3 Å². The van der Waals surface area contributed by atoms with Crippen molar-refractivity contribution >= 4 is 33.6 Å². The second-order valence-electron chi connectivity index (χ2n) is 7.14. The van der Waals surface area contributed by atoms with Crippen molar-refractivity contribution in [2.24, 2.45) is 32.2 Å². The Morgan fingerprint density at radius 1 is 1.23 bits per heavy atom. The zero-order chi connectivity index (χ0) is 23.2. The molecule has 166 valence electrons. The van der Waals surface area contributed by atoms with Crippen molar-refractivity contribution in [3.8, 4) is 0 Å². The maximum absolute atomic E-state index is 11.8. The molecule has 1 aromatic carbocycles. The standard InChI is InChI=1S/C12H17N3O3S.C6H13N5/c1-7(2)9-5-4-8(11(16)15-12(13)14)6-10(9)19(3,17)18;1-4-8-5(7)10-6(9-4)11(2)3/h4-7H,1-3H3,(H4,13,14,15,16);4H,1-3H3,(H3,7,8,9,10). The average molecular weight is 439 g/mol. The van der Waals surface area contributed by atoms with Crippen molar-refractivity contribution in [3.05, 3.63) is 29.3 Å². The molecule has 1 unspecified atom stereocenters. The number of benzene rings is 1. The molecule has 11 nitrogen and oxygen atoms in total. The normalized spacial score (nSPS) is 15.8. The minimum Gasteiger partial charge on any atom is -0.370 e. The molecular weight excluding hydrogens is 408 g/mol. The Morgan fingerprint density at radius 3 is 2.27 bits per heavy atom. The van der Waals surface area contributed by atoms with Crippen molar-refractivity contribution in [2.45, 2.75) is 37.8 Å². The van der Waals surface area contributed by atoms with Crippen molar-refractivity contribution in [1.82, 2.24) is 10.2 Å². The van der Waals surface area contributed by atoms with Crippen LogP contribution in [0.3, 0.4) is 0 Å². The number of guanidine groups is 3. The van der Waals surface area contributed by atoms with Crippen molar-refractivity contribution in [3.63, 3.8) is 0 Å². The van der Waals surface area contributed by atoms with E-state index in [0.29, 0.717) is 11.5 Å². The van der Waals surface area contributed by atoms with Crippen LogP contribution in [0.1, 0.15) is 42.6 Å². The SMILES string of the molecule is CC(C)c1ccc(C(=O)N=C(N)N)cc1S(C)(=O)=O.CC1N=C(N)NC(N(C)C)=N1. The van der Waals surface area contributed by atoms with Gasteiger partial charge in [-0.05, 0) is 30.5 Å². The van der Waals surface area contributed by atoms with Crippen LogP contribution in [-0.4, -0.2) is 63.6 Å². The van der Waals surface area contributed by atoms with Crippen molar-refractivity contribution < 1.29 is 13.2 Å². The van der Waals surface area contributed by atoms with Crippen LogP contribution in [0.4, 0.5) is 0 Å². The summed E-state index contributed by atoms with van der Waals surface area (Å²) in [5, 5.41) is 2.85. The van der Waals surface area contributed by atoms with Gasteiger partial charge < -0.3 is 22.1 Å². The number of sulfone groups is 1. The van der Waals surface area contributed by atoms with Crippen molar-refractivity contribution in [1.29, 1.82) is 0 Å². The van der Waals surface area contributed by atoms with E-state index in [0.717, 1.165) is 12.2 Å². The molecule has 12 heteroatoms. The van der Waals surface area contributed by atoms with E-state index in [1.807, 2.05) is 39.8 Å². The average Bonchev–Trinajstić information content (AvgIpc) is 2.59. The Morgan fingerprint density at radius 2 is 1.83 bits per heavy atom. The fourth-order valence-corrected chi connectivity index (χ4v) is 3.53. The van der Waals surface area contributed by atoms with Gasteiger partial charge in [-0.15, -0.1) is 0 Å². The molecule has 0 saturated carbocycles. The maximum Gasteiger partial charge on any atom is 0.280 e. The van der Waals surface area contributed by atoms with E-state index < -0.39 is 15.7 Å². The molecule has 0 aromatic heterocycles. The lowest BCUT2D eigenvalue weighted by Gasteiger charge is -2.21. The van der Waals surface area contributed by atoms with E-state index >= 15 is 0 Å². The molecule has 0 aliphatic carbocycles. The predicted molar refractivity (Wildman–Crippen MR) is 119 cm³/mol. The van der Waals surface area contributed by atoms with Crippen LogP contribution in [0.15, 0.2) is 38.1 Å². The molecule has 0 fully saturated rings. The third-order valence-electron chi connectivity index (χ3n) is 3.81. The first-order valence-electron chi connectivity index (χ1n) is 9.05. The number of carbonyl (C=O) groups is 1. The number of hydrogen-bond donors (Lipinski definition) is 4. The number of nitrogens with one attached hydrogen (secondary N) is 1. The van der Waals surface area contributed by atoms with Gasteiger partial charge in [0.2, 0.25) is 5.96 Å². The monoisotopic (exact) mass is 438 g/mol. The summed E-state index contributed by atoms with van der Waals surface area (Å²) in [5.41, 5.74) is 16.5. The summed E-state index contributed by atoms with van der Waals surface area (Å²) in [4.78, 5) is 25.2. The molecule has 1 aliphatic rings. The van der Waals surface area contributed by atoms with Gasteiger partial charge >= 0.3 is 0 Å². The van der Waals surface area contributed by atoms with Gasteiger partial charge in [-0.25, -0.2) is 18.4 Å².